The number of ether oxygens (including phenoxy) is 1. The molecule has 2 aromatic carbocycles. The molecule has 31 heavy (non-hydrogen) atoms. The minimum Gasteiger partial charge on any atom is -0.435 e. The van der Waals surface area contributed by atoms with Gasteiger partial charge in [0.15, 0.2) is 5.75 Å². The van der Waals surface area contributed by atoms with Gasteiger partial charge in [-0.25, -0.2) is 4.98 Å². The summed E-state index contributed by atoms with van der Waals surface area (Å²) in [7, 11) is 0. The number of benzene rings is 2. The number of halogens is 2. The van der Waals surface area contributed by atoms with Crippen molar-refractivity contribution in [3.63, 3.8) is 0 Å². The van der Waals surface area contributed by atoms with Crippen molar-refractivity contribution in [1.82, 2.24) is 10.3 Å². The van der Waals surface area contributed by atoms with Gasteiger partial charge >= 0.3 is 0 Å². The molecule has 0 saturated carbocycles. The number of carbonyl (C=O) groups excluding carboxylic acids is 2. The monoisotopic (exact) mass is 458 g/mol. The molecule has 2 amide bonds. The fourth-order valence-electron chi connectivity index (χ4n) is 2.66. The molecule has 0 bridgehead atoms. The van der Waals surface area contributed by atoms with E-state index in [9.17, 15) is 9.59 Å². The van der Waals surface area contributed by atoms with E-state index in [-0.39, 0.29) is 29.3 Å². The summed E-state index contributed by atoms with van der Waals surface area (Å²) in [6, 6.07) is 15.3. The zero-order chi connectivity index (χ0) is 22.2. The Morgan fingerprint density at radius 1 is 1.06 bits per heavy atom. The van der Waals surface area contributed by atoms with Gasteiger partial charge < -0.3 is 20.7 Å². The standard InChI is InChI=1S/C22H20Cl2N4O3/c1-2-25-21(30)14-6-5-7-16(10-14)28-20(29)13-26-18-8-3-4-9-19(18)31-22-17(24)11-15(23)12-27-22/h3-12,26H,2,13H2,1H3,(H,25,30)(H,28,29). The molecular formula is C22H20Cl2N4O3. The number of anilines is 2. The van der Waals surface area contributed by atoms with Crippen LogP contribution in [0.1, 0.15) is 17.3 Å². The summed E-state index contributed by atoms with van der Waals surface area (Å²) in [6.07, 6.45) is 1.43. The highest BCUT2D eigenvalue weighted by atomic mass is 35.5. The second-order valence-corrected chi connectivity index (χ2v) is 7.22. The smallest absolute Gasteiger partial charge is 0.251 e. The normalized spacial score (nSPS) is 10.3. The maximum absolute atomic E-state index is 12.4. The SMILES string of the molecule is CCNC(=O)c1cccc(NC(=O)CNc2ccccc2Oc2ncc(Cl)cc2Cl)c1. The lowest BCUT2D eigenvalue weighted by atomic mass is 10.2. The molecule has 160 valence electrons. The molecule has 1 heterocycles. The van der Waals surface area contributed by atoms with Crippen LogP contribution in [0, 0.1) is 0 Å². The number of carbonyl (C=O) groups is 2. The summed E-state index contributed by atoms with van der Waals surface area (Å²) in [6.45, 7) is 2.35. The van der Waals surface area contributed by atoms with E-state index in [0.29, 0.717) is 34.3 Å². The molecule has 0 aliphatic rings. The lowest BCUT2D eigenvalue weighted by Gasteiger charge is -2.13. The number of hydrogen-bond donors (Lipinski definition) is 3. The molecule has 7 nitrogen and oxygen atoms in total. The summed E-state index contributed by atoms with van der Waals surface area (Å²) < 4.78 is 5.77. The number of pyridine rings is 1. The third-order valence-electron chi connectivity index (χ3n) is 4.05. The summed E-state index contributed by atoms with van der Waals surface area (Å²) in [5.74, 6) is 0.167. The van der Waals surface area contributed by atoms with Gasteiger partial charge in [0.1, 0.15) is 5.02 Å². The van der Waals surface area contributed by atoms with Gasteiger partial charge in [0.25, 0.3) is 5.91 Å². The molecule has 0 unspecified atom stereocenters. The van der Waals surface area contributed by atoms with Gasteiger partial charge in [-0.15, -0.1) is 0 Å². The van der Waals surface area contributed by atoms with Crippen LogP contribution in [-0.2, 0) is 4.79 Å². The van der Waals surface area contributed by atoms with Crippen LogP contribution in [0.15, 0.2) is 60.8 Å². The van der Waals surface area contributed by atoms with E-state index in [0.717, 1.165) is 0 Å². The molecule has 0 atom stereocenters. The molecule has 3 aromatic rings. The Morgan fingerprint density at radius 3 is 2.65 bits per heavy atom. The first-order chi connectivity index (χ1) is 15.0. The Labute approximate surface area is 189 Å². The van der Waals surface area contributed by atoms with Crippen molar-refractivity contribution in [2.75, 3.05) is 23.7 Å². The Morgan fingerprint density at radius 2 is 1.87 bits per heavy atom. The summed E-state index contributed by atoms with van der Waals surface area (Å²) in [5, 5.41) is 9.19. The van der Waals surface area contributed by atoms with E-state index in [1.165, 1.54) is 12.3 Å². The van der Waals surface area contributed by atoms with Crippen LogP contribution in [0.5, 0.6) is 11.6 Å². The predicted octanol–water partition coefficient (Wildman–Crippen LogP) is 4.98. The molecule has 0 saturated heterocycles. The minimum atomic E-state index is -0.287. The average Bonchev–Trinajstić information content (AvgIpc) is 2.75. The van der Waals surface area contributed by atoms with Gasteiger partial charge in [-0.1, -0.05) is 41.4 Å². The predicted molar refractivity (Wildman–Crippen MR) is 122 cm³/mol. The number of aromatic nitrogens is 1. The molecule has 3 N–H and O–H groups in total. The topological polar surface area (TPSA) is 92.4 Å². The quantitative estimate of drug-likeness (QED) is 0.442. The highest BCUT2D eigenvalue weighted by Gasteiger charge is 2.11. The maximum Gasteiger partial charge on any atom is 0.251 e. The molecule has 0 aliphatic heterocycles. The van der Waals surface area contributed by atoms with Crippen LogP contribution in [0.3, 0.4) is 0 Å². The van der Waals surface area contributed by atoms with E-state index < -0.39 is 0 Å². The lowest BCUT2D eigenvalue weighted by molar-refractivity contribution is -0.114. The summed E-state index contributed by atoms with van der Waals surface area (Å²) in [5.41, 5.74) is 1.58. The number of nitrogens with zero attached hydrogens (tertiary/aromatic N) is 1. The van der Waals surface area contributed by atoms with E-state index >= 15 is 0 Å². The first-order valence-electron chi connectivity index (χ1n) is 9.46. The van der Waals surface area contributed by atoms with Crippen LogP contribution in [0.2, 0.25) is 10.0 Å². The van der Waals surface area contributed by atoms with Gasteiger partial charge in [-0.2, -0.15) is 0 Å². The zero-order valence-corrected chi connectivity index (χ0v) is 18.1. The maximum atomic E-state index is 12.4. The Hall–Kier alpha value is -3.29. The molecule has 0 radical (unpaired) electrons. The number of nitrogens with one attached hydrogen (secondary N) is 3. The average molecular weight is 459 g/mol. The summed E-state index contributed by atoms with van der Waals surface area (Å²) >= 11 is 12.0. The van der Waals surface area contributed by atoms with Crippen molar-refractivity contribution in [2.24, 2.45) is 0 Å². The highest BCUT2D eigenvalue weighted by molar-refractivity contribution is 6.35. The molecule has 0 spiro atoms. The van der Waals surface area contributed by atoms with Gasteiger partial charge in [0, 0.05) is 24.0 Å². The zero-order valence-electron chi connectivity index (χ0n) is 16.6. The largest absolute Gasteiger partial charge is 0.435 e. The van der Waals surface area contributed by atoms with Crippen molar-refractivity contribution in [1.29, 1.82) is 0 Å². The molecule has 9 heteroatoms. The second-order valence-electron chi connectivity index (χ2n) is 6.38. The van der Waals surface area contributed by atoms with Crippen molar-refractivity contribution < 1.29 is 14.3 Å². The second kappa shape index (κ2) is 10.7. The number of para-hydroxylation sites is 2. The first-order valence-corrected chi connectivity index (χ1v) is 10.2. The van der Waals surface area contributed by atoms with Crippen LogP contribution in [0.25, 0.3) is 0 Å². The van der Waals surface area contributed by atoms with E-state index in [1.807, 2.05) is 6.92 Å². The van der Waals surface area contributed by atoms with Gasteiger partial charge in [-0.05, 0) is 43.3 Å². The lowest BCUT2D eigenvalue weighted by Crippen LogP contribution is -2.24. The van der Waals surface area contributed by atoms with Crippen molar-refractivity contribution in [3.8, 4) is 11.6 Å². The highest BCUT2D eigenvalue weighted by Crippen LogP contribution is 2.33. The van der Waals surface area contributed by atoms with E-state index in [4.69, 9.17) is 27.9 Å². The van der Waals surface area contributed by atoms with E-state index in [2.05, 4.69) is 20.9 Å². The minimum absolute atomic E-state index is 0.0203. The third-order valence-corrected chi connectivity index (χ3v) is 4.53. The number of hydrogen-bond acceptors (Lipinski definition) is 5. The van der Waals surface area contributed by atoms with Crippen LogP contribution < -0.4 is 20.7 Å². The van der Waals surface area contributed by atoms with Gasteiger partial charge in [-0.3, -0.25) is 9.59 Å². The van der Waals surface area contributed by atoms with Crippen LogP contribution in [-0.4, -0.2) is 29.9 Å². The Bertz CT molecular complexity index is 1090. The summed E-state index contributed by atoms with van der Waals surface area (Å²) in [4.78, 5) is 28.4. The van der Waals surface area contributed by atoms with Crippen LogP contribution in [0.4, 0.5) is 11.4 Å². The number of amides is 2. The first kappa shape index (κ1) is 22.4. The Kier molecular flexibility index (Phi) is 7.70. The Balaban J connectivity index is 1.63. The fourth-order valence-corrected chi connectivity index (χ4v) is 3.08. The van der Waals surface area contributed by atoms with Crippen LogP contribution >= 0.6 is 23.2 Å². The molecule has 3 rings (SSSR count). The molecule has 1 aromatic heterocycles. The number of rotatable bonds is 8. The molecule has 0 aliphatic carbocycles. The molecule has 0 fully saturated rings. The van der Waals surface area contributed by atoms with Crippen molar-refractivity contribution >= 4 is 46.4 Å². The van der Waals surface area contributed by atoms with Gasteiger partial charge in [0.2, 0.25) is 11.8 Å². The van der Waals surface area contributed by atoms with E-state index in [1.54, 1.807) is 48.5 Å². The van der Waals surface area contributed by atoms with Crippen molar-refractivity contribution in [2.45, 2.75) is 6.92 Å². The van der Waals surface area contributed by atoms with Crippen molar-refractivity contribution in [3.05, 3.63) is 76.4 Å². The third kappa shape index (κ3) is 6.34. The van der Waals surface area contributed by atoms with Gasteiger partial charge in [0.05, 0.1) is 17.3 Å². The fraction of sp³-hybridized carbons (Fsp3) is 0.136. The molecular weight excluding hydrogens is 439 g/mol.